The van der Waals surface area contributed by atoms with E-state index in [-0.39, 0.29) is 0 Å². The third-order valence-corrected chi connectivity index (χ3v) is 3.93. The molecule has 3 nitrogen and oxygen atoms in total. The van der Waals surface area contributed by atoms with E-state index in [4.69, 9.17) is 28.9 Å². The van der Waals surface area contributed by atoms with Gasteiger partial charge in [-0.25, -0.2) is 4.98 Å². The van der Waals surface area contributed by atoms with E-state index < -0.39 is 0 Å². The number of hydrogen-bond acceptors (Lipinski definition) is 3. The molecule has 86 valence electrons. The number of aromatic nitrogens is 2. The highest BCUT2D eigenvalue weighted by molar-refractivity contribution is 7.14. The van der Waals surface area contributed by atoms with Crippen LogP contribution in [-0.4, -0.2) is 9.38 Å². The highest BCUT2D eigenvalue weighted by Gasteiger charge is 2.13. The first-order valence-electron chi connectivity index (χ1n) is 4.82. The fourth-order valence-electron chi connectivity index (χ4n) is 1.66. The van der Waals surface area contributed by atoms with Crippen LogP contribution in [0.1, 0.15) is 0 Å². The Morgan fingerprint density at radius 1 is 1.24 bits per heavy atom. The molecule has 3 rings (SSSR count). The first kappa shape index (κ1) is 10.9. The Morgan fingerprint density at radius 3 is 2.76 bits per heavy atom. The summed E-state index contributed by atoms with van der Waals surface area (Å²) in [5.41, 5.74) is 7.56. The van der Waals surface area contributed by atoms with Crippen molar-refractivity contribution in [1.82, 2.24) is 9.38 Å². The Hall–Kier alpha value is -1.23. The van der Waals surface area contributed by atoms with Gasteiger partial charge in [0.2, 0.25) is 0 Å². The zero-order valence-electron chi connectivity index (χ0n) is 8.52. The van der Waals surface area contributed by atoms with E-state index in [1.54, 1.807) is 16.7 Å². The molecule has 0 aliphatic rings. The summed E-state index contributed by atoms with van der Waals surface area (Å²) in [6, 6.07) is 5.47. The molecule has 3 heterocycles. The van der Waals surface area contributed by atoms with Gasteiger partial charge >= 0.3 is 0 Å². The molecule has 0 aromatic carbocycles. The van der Waals surface area contributed by atoms with Crippen molar-refractivity contribution in [2.75, 3.05) is 5.73 Å². The second-order valence-corrected chi connectivity index (χ2v) is 5.33. The van der Waals surface area contributed by atoms with Gasteiger partial charge in [-0.2, -0.15) is 0 Å². The van der Waals surface area contributed by atoms with Crippen molar-refractivity contribution < 1.29 is 0 Å². The number of nitrogen functional groups attached to an aromatic ring is 1. The van der Waals surface area contributed by atoms with E-state index in [1.165, 1.54) is 11.3 Å². The first-order chi connectivity index (χ1) is 8.15. The molecule has 17 heavy (non-hydrogen) atoms. The van der Waals surface area contributed by atoms with E-state index in [9.17, 15) is 0 Å². The summed E-state index contributed by atoms with van der Waals surface area (Å²) < 4.78 is 1.77. The van der Waals surface area contributed by atoms with Gasteiger partial charge in [0.25, 0.3) is 0 Å². The fourth-order valence-corrected chi connectivity index (χ4v) is 2.89. The van der Waals surface area contributed by atoms with Gasteiger partial charge in [-0.15, -0.1) is 11.3 Å². The third kappa shape index (κ3) is 1.78. The van der Waals surface area contributed by atoms with Crippen molar-refractivity contribution in [3.05, 3.63) is 39.8 Å². The Morgan fingerprint density at radius 2 is 2.06 bits per heavy atom. The molecule has 0 radical (unpaired) electrons. The molecule has 0 bridgehead atoms. The second-order valence-electron chi connectivity index (χ2n) is 3.55. The summed E-state index contributed by atoms with van der Waals surface area (Å²) >= 11 is 13.3. The number of anilines is 1. The number of pyridine rings is 1. The Kier molecular flexibility index (Phi) is 2.50. The van der Waals surface area contributed by atoms with Crippen LogP contribution in [0.5, 0.6) is 0 Å². The van der Waals surface area contributed by atoms with E-state index in [0.29, 0.717) is 15.9 Å². The maximum Gasteiger partial charge on any atom is 0.139 e. The lowest BCUT2D eigenvalue weighted by Gasteiger charge is -1.96. The normalized spacial score (nSPS) is 11.2. The molecular formula is C11H7Cl2N3S. The van der Waals surface area contributed by atoms with Crippen molar-refractivity contribution in [2.24, 2.45) is 0 Å². The van der Waals surface area contributed by atoms with Crippen LogP contribution in [-0.2, 0) is 0 Å². The van der Waals surface area contributed by atoms with E-state index in [0.717, 1.165) is 16.2 Å². The summed E-state index contributed by atoms with van der Waals surface area (Å²) in [6.07, 6.45) is 1.75. The minimum atomic E-state index is 0.570. The van der Waals surface area contributed by atoms with Crippen molar-refractivity contribution >= 4 is 46.0 Å². The first-order valence-corrected chi connectivity index (χ1v) is 6.46. The van der Waals surface area contributed by atoms with Crippen molar-refractivity contribution in [3.8, 4) is 10.6 Å². The highest BCUT2D eigenvalue weighted by Crippen LogP contribution is 2.33. The van der Waals surface area contributed by atoms with E-state index >= 15 is 0 Å². The molecule has 0 saturated carbocycles. The van der Waals surface area contributed by atoms with Gasteiger partial charge in [0.15, 0.2) is 0 Å². The molecule has 3 aromatic heterocycles. The number of hydrogen-bond donors (Lipinski definition) is 1. The number of nitrogens with two attached hydrogens (primary N) is 1. The van der Waals surface area contributed by atoms with Gasteiger partial charge in [-0.3, -0.25) is 4.40 Å². The summed E-state index contributed by atoms with van der Waals surface area (Å²) in [7, 11) is 0. The molecule has 0 aliphatic heterocycles. The van der Waals surface area contributed by atoms with Crippen molar-refractivity contribution in [3.63, 3.8) is 0 Å². The van der Waals surface area contributed by atoms with E-state index in [2.05, 4.69) is 4.98 Å². The summed E-state index contributed by atoms with van der Waals surface area (Å²) in [4.78, 5) is 5.42. The van der Waals surface area contributed by atoms with Crippen LogP contribution in [0.25, 0.3) is 16.2 Å². The molecule has 6 heteroatoms. The lowest BCUT2D eigenvalue weighted by Crippen LogP contribution is -1.93. The quantitative estimate of drug-likeness (QED) is 0.735. The summed E-state index contributed by atoms with van der Waals surface area (Å²) in [5, 5.41) is 3.17. The SMILES string of the molecule is Nc1c(-c2cc(Cl)cs2)nc2ccc(Cl)cn12. The molecule has 2 N–H and O–H groups in total. The standard InChI is InChI=1S/C11H7Cl2N3S/c12-6-1-2-9-15-10(11(14)16(9)4-6)8-3-7(13)5-17-8/h1-5H,14H2. The molecule has 0 fully saturated rings. The predicted octanol–water partition coefficient (Wildman–Crippen LogP) is 3.95. The molecule has 0 atom stereocenters. The summed E-state index contributed by atoms with van der Waals surface area (Å²) in [5.74, 6) is 0.570. The average Bonchev–Trinajstić information content (AvgIpc) is 2.84. The lowest BCUT2D eigenvalue weighted by atomic mass is 10.3. The van der Waals surface area contributed by atoms with Gasteiger partial charge in [-0.05, 0) is 18.2 Å². The van der Waals surface area contributed by atoms with Gasteiger partial charge in [-0.1, -0.05) is 23.2 Å². The van der Waals surface area contributed by atoms with Gasteiger partial charge < -0.3 is 5.73 Å². The molecule has 0 unspecified atom stereocenters. The monoisotopic (exact) mass is 283 g/mol. The fraction of sp³-hybridized carbons (Fsp3) is 0. The largest absolute Gasteiger partial charge is 0.383 e. The zero-order valence-corrected chi connectivity index (χ0v) is 10.9. The predicted molar refractivity (Wildman–Crippen MR) is 72.9 cm³/mol. The van der Waals surface area contributed by atoms with Gasteiger partial charge in [0.1, 0.15) is 17.2 Å². The molecule has 0 amide bonds. The molecule has 0 saturated heterocycles. The zero-order chi connectivity index (χ0) is 12.0. The third-order valence-electron chi connectivity index (χ3n) is 2.42. The Labute approximate surface area is 111 Å². The Balaban J connectivity index is 2.27. The van der Waals surface area contributed by atoms with Crippen LogP contribution in [0.4, 0.5) is 5.82 Å². The second kappa shape index (κ2) is 3.91. The van der Waals surface area contributed by atoms with Crippen molar-refractivity contribution in [2.45, 2.75) is 0 Å². The van der Waals surface area contributed by atoms with Crippen LogP contribution < -0.4 is 5.73 Å². The van der Waals surface area contributed by atoms with Crippen LogP contribution in [0, 0.1) is 0 Å². The number of rotatable bonds is 1. The smallest absolute Gasteiger partial charge is 0.139 e. The average molecular weight is 284 g/mol. The minimum Gasteiger partial charge on any atom is -0.383 e. The van der Waals surface area contributed by atoms with E-state index in [1.807, 2.05) is 17.5 Å². The molecular weight excluding hydrogens is 277 g/mol. The molecule has 0 spiro atoms. The number of imidazole rings is 1. The van der Waals surface area contributed by atoms with Crippen LogP contribution in [0.2, 0.25) is 10.0 Å². The number of fused-ring (bicyclic) bond motifs is 1. The highest BCUT2D eigenvalue weighted by atomic mass is 35.5. The number of nitrogens with zero attached hydrogens (tertiary/aromatic N) is 2. The van der Waals surface area contributed by atoms with Crippen LogP contribution >= 0.6 is 34.5 Å². The van der Waals surface area contributed by atoms with Gasteiger partial charge in [0, 0.05) is 11.6 Å². The number of thiophene rings is 1. The maximum absolute atomic E-state index is 6.05. The minimum absolute atomic E-state index is 0.570. The number of halogens is 2. The molecule has 3 aromatic rings. The van der Waals surface area contributed by atoms with Gasteiger partial charge in [0.05, 0.1) is 14.9 Å². The summed E-state index contributed by atoms with van der Waals surface area (Å²) in [6.45, 7) is 0. The molecule has 0 aliphatic carbocycles. The Bertz CT molecular complexity index is 702. The van der Waals surface area contributed by atoms with Crippen molar-refractivity contribution in [1.29, 1.82) is 0 Å². The lowest BCUT2D eigenvalue weighted by molar-refractivity contribution is 1.20. The topological polar surface area (TPSA) is 43.3 Å². The maximum atomic E-state index is 6.05. The van der Waals surface area contributed by atoms with Crippen LogP contribution in [0.3, 0.4) is 0 Å². The van der Waals surface area contributed by atoms with Crippen LogP contribution in [0.15, 0.2) is 29.8 Å².